The van der Waals surface area contributed by atoms with Crippen molar-refractivity contribution in [2.75, 3.05) is 6.79 Å². The van der Waals surface area contributed by atoms with Gasteiger partial charge in [-0.3, -0.25) is 0 Å². The molecular weight excluding hydrogens is 202 g/mol. The Morgan fingerprint density at radius 3 is 3.07 bits per heavy atom. The zero-order valence-corrected chi connectivity index (χ0v) is 8.39. The minimum atomic E-state index is 0.225. The number of nitriles is 1. The first-order chi connectivity index (χ1) is 6.74. The summed E-state index contributed by atoms with van der Waals surface area (Å²) in [5.41, 5.74) is 1.63. The molecule has 1 aromatic carbocycles. The summed E-state index contributed by atoms with van der Waals surface area (Å²) in [5, 5.41) is 9.20. The smallest absolute Gasteiger partial charge is 0.231 e. The van der Waals surface area contributed by atoms with Gasteiger partial charge >= 0.3 is 0 Å². The summed E-state index contributed by atoms with van der Waals surface area (Å²) in [7, 11) is 0. The lowest BCUT2D eigenvalue weighted by Crippen LogP contribution is -1.93. The average molecular weight is 210 g/mol. The molecule has 4 heteroatoms. The Morgan fingerprint density at radius 2 is 2.36 bits per heavy atom. The van der Waals surface area contributed by atoms with E-state index in [9.17, 15) is 0 Å². The molecule has 14 heavy (non-hydrogen) atoms. The molecule has 72 valence electrons. The maximum atomic E-state index is 8.60. The second kappa shape index (κ2) is 3.39. The number of fused-ring (bicyclic) bond motifs is 1. The summed E-state index contributed by atoms with van der Waals surface area (Å²) in [5.74, 6) is 1.37. The van der Waals surface area contributed by atoms with E-state index in [1.807, 2.05) is 6.92 Å². The highest BCUT2D eigenvalue weighted by Crippen LogP contribution is 2.41. The largest absolute Gasteiger partial charge is 0.454 e. The normalized spacial score (nSPS) is 12.6. The van der Waals surface area contributed by atoms with E-state index in [4.69, 9.17) is 26.3 Å². The van der Waals surface area contributed by atoms with Crippen molar-refractivity contribution in [3.63, 3.8) is 0 Å². The van der Waals surface area contributed by atoms with Crippen molar-refractivity contribution in [1.82, 2.24) is 0 Å². The highest BCUT2D eigenvalue weighted by atomic mass is 35.5. The molecule has 0 saturated carbocycles. The van der Waals surface area contributed by atoms with Crippen molar-refractivity contribution < 1.29 is 9.47 Å². The van der Waals surface area contributed by atoms with Crippen molar-refractivity contribution in [2.45, 2.75) is 13.3 Å². The number of hydrogen-bond acceptors (Lipinski definition) is 3. The standard InChI is InChI=1S/C10H8ClNO2/c1-6-9(11)7(2-3-12)4-8-10(6)14-5-13-8/h4H,2,5H2,1H3. The lowest BCUT2D eigenvalue weighted by molar-refractivity contribution is 0.173. The Hall–Kier alpha value is -1.40. The molecule has 0 radical (unpaired) electrons. The van der Waals surface area contributed by atoms with E-state index in [1.165, 1.54) is 0 Å². The van der Waals surface area contributed by atoms with Crippen molar-refractivity contribution in [3.8, 4) is 17.6 Å². The number of nitrogens with zero attached hydrogens (tertiary/aromatic N) is 1. The maximum Gasteiger partial charge on any atom is 0.231 e. The molecule has 1 aromatic rings. The monoisotopic (exact) mass is 209 g/mol. The van der Waals surface area contributed by atoms with Gasteiger partial charge in [-0.1, -0.05) is 11.6 Å². The minimum absolute atomic E-state index is 0.225. The van der Waals surface area contributed by atoms with Crippen molar-refractivity contribution in [2.24, 2.45) is 0 Å². The average Bonchev–Trinajstić information content (AvgIpc) is 2.62. The van der Waals surface area contributed by atoms with E-state index >= 15 is 0 Å². The molecular formula is C10H8ClNO2. The lowest BCUT2D eigenvalue weighted by Gasteiger charge is -2.06. The fourth-order valence-corrected chi connectivity index (χ4v) is 1.67. The van der Waals surface area contributed by atoms with Crippen LogP contribution in [0.25, 0.3) is 0 Å². The fourth-order valence-electron chi connectivity index (χ4n) is 1.46. The van der Waals surface area contributed by atoms with Gasteiger partial charge < -0.3 is 9.47 Å². The van der Waals surface area contributed by atoms with Crippen LogP contribution in [0.5, 0.6) is 11.5 Å². The number of halogens is 1. The van der Waals surface area contributed by atoms with E-state index in [1.54, 1.807) is 6.07 Å². The molecule has 0 atom stereocenters. The first-order valence-electron chi connectivity index (χ1n) is 4.18. The lowest BCUT2D eigenvalue weighted by atomic mass is 10.1. The maximum absolute atomic E-state index is 8.60. The number of ether oxygens (including phenoxy) is 2. The SMILES string of the molecule is Cc1c(Cl)c(CC#N)cc2c1OCO2. The van der Waals surface area contributed by atoms with Crippen LogP contribution in [0, 0.1) is 18.3 Å². The molecule has 3 nitrogen and oxygen atoms in total. The molecule has 0 aliphatic carbocycles. The topological polar surface area (TPSA) is 42.2 Å². The summed E-state index contributed by atoms with van der Waals surface area (Å²) >= 11 is 6.07. The third-order valence-electron chi connectivity index (χ3n) is 2.17. The van der Waals surface area contributed by atoms with Crippen molar-refractivity contribution >= 4 is 11.6 Å². The van der Waals surface area contributed by atoms with E-state index < -0.39 is 0 Å². The van der Waals surface area contributed by atoms with Crippen LogP contribution in [0.3, 0.4) is 0 Å². The second-order valence-electron chi connectivity index (χ2n) is 3.04. The minimum Gasteiger partial charge on any atom is -0.454 e. The molecule has 0 fully saturated rings. The molecule has 2 rings (SSSR count). The Balaban J connectivity index is 2.56. The number of hydrogen-bond donors (Lipinski definition) is 0. The molecule has 0 bridgehead atoms. The third kappa shape index (κ3) is 1.28. The van der Waals surface area contributed by atoms with Crippen LogP contribution in [-0.2, 0) is 6.42 Å². The van der Waals surface area contributed by atoms with Crippen LogP contribution in [0.4, 0.5) is 0 Å². The van der Waals surface area contributed by atoms with Gasteiger partial charge in [-0.15, -0.1) is 0 Å². The second-order valence-corrected chi connectivity index (χ2v) is 3.42. The predicted molar refractivity (Wildman–Crippen MR) is 51.6 cm³/mol. The first kappa shape index (κ1) is 9.17. The van der Waals surface area contributed by atoms with Gasteiger partial charge in [-0.05, 0) is 18.6 Å². The summed E-state index contributed by atoms with van der Waals surface area (Å²) < 4.78 is 10.5. The van der Waals surface area contributed by atoms with Gasteiger partial charge in [0.15, 0.2) is 11.5 Å². The molecule has 0 aromatic heterocycles. The van der Waals surface area contributed by atoms with Crippen molar-refractivity contribution in [1.29, 1.82) is 5.26 Å². The van der Waals surface area contributed by atoms with Gasteiger partial charge in [-0.2, -0.15) is 5.26 Å². The van der Waals surface area contributed by atoms with Gasteiger partial charge in [0.1, 0.15) is 0 Å². The molecule has 0 spiro atoms. The Morgan fingerprint density at radius 1 is 1.57 bits per heavy atom. The van der Waals surface area contributed by atoms with Crippen LogP contribution >= 0.6 is 11.6 Å². The Kier molecular flexibility index (Phi) is 2.22. The van der Waals surface area contributed by atoms with Crippen LogP contribution < -0.4 is 9.47 Å². The van der Waals surface area contributed by atoms with Gasteiger partial charge in [0.25, 0.3) is 0 Å². The number of benzene rings is 1. The molecule has 1 aliphatic heterocycles. The first-order valence-corrected chi connectivity index (χ1v) is 4.56. The van der Waals surface area contributed by atoms with Crippen LogP contribution in [0.15, 0.2) is 6.07 Å². The molecule has 0 N–H and O–H groups in total. The van der Waals surface area contributed by atoms with Gasteiger partial charge in [0.2, 0.25) is 6.79 Å². The highest BCUT2D eigenvalue weighted by Gasteiger charge is 2.20. The van der Waals surface area contributed by atoms with E-state index in [0.717, 1.165) is 11.1 Å². The van der Waals surface area contributed by atoms with E-state index in [2.05, 4.69) is 6.07 Å². The zero-order valence-electron chi connectivity index (χ0n) is 7.63. The molecule has 1 heterocycles. The van der Waals surface area contributed by atoms with Gasteiger partial charge in [0.05, 0.1) is 17.5 Å². The van der Waals surface area contributed by atoms with Gasteiger partial charge in [-0.25, -0.2) is 0 Å². The summed E-state index contributed by atoms with van der Waals surface area (Å²) in [4.78, 5) is 0. The summed E-state index contributed by atoms with van der Waals surface area (Å²) in [6.45, 7) is 2.08. The van der Waals surface area contributed by atoms with Gasteiger partial charge in [0, 0.05) is 5.56 Å². The summed E-state index contributed by atoms with van der Waals surface area (Å²) in [6.07, 6.45) is 0.288. The van der Waals surface area contributed by atoms with Crippen LogP contribution in [-0.4, -0.2) is 6.79 Å². The predicted octanol–water partition coefficient (Wildman–Crippen LogP) is 2.44. The summed E-state index contributed by atoms with van der Waals surface area (Å²) in [6, 6.07) is 3.83. The molecule has 0 saturated heterocycles. The quantitative estimate of drug-likeness (QED) is 0.714. The fraction of sp³-hybridized carbons (Fsp3) is 0.300. The Labute approximate surface area is 86.8 Å². The number of rotatable bonds is 1. The Bertz CT molecular complexity index is 423. The van der Waals surface area contributed by atoms with E-state index in [-0.39, 0.29) is 13.2 Å². The highest BCUT2D eigenvalue weighted by molar-refractivity contribution is 6.32. The van der Waals surface area contributed by atoms with Crippen LogP contribution in [0.1, 0.15) is 11.1 Å². The third-order valence-corrected chi connectivity index (χ3v) is 2.69. The van der Waals surface area contributed by atoms with Crippen molar-refractivity contribution in [3.05, 3.63) is 22.2 Å². The van der Waals surface area contributed by atoms with Crippen LogP contribution in [0.2, 0.25) is 5.02 Å². The molecule has 1 aliphatic rings. The zero-order chi connectivity index (χ0) is 10.1. The molecule has 0 amide bonds. The van der Waals surface area contributed by atoms with E-state index in [0.29, 0.717) is 16.5 Å². The molecule has 0 unspecified atom stereocenters.